The van der Waals surface area contributed by atoms with E-state index < -0.39 is 0 Å². The van der Waals surface area contributed by atoms with E-state index in [0.29, 0.717) is 5.56 Å². The summed E-state index contributed by atoms with van der Waals surface area (Å²) in [6, 6.07) is 7.41. The van der Waals surface area contributed by atoms with E-state index in [1.165, 1.54) is 12.8 Å². The van der Waals surface area contributed by atoms with E-state index in [1.807, 2.05) is 18.2 Å². The Morgan fingerprint density at radius 1 is 1.00 bits per heavy atom. The average molecular weight is 252 g/mol. The van der Waals surface area contributed by atoms with Crippen molar-refractivity contribution in [2.24, 2.45) is 0 Å². The molecule has 0 unspecified atom stereocenters. The normalized spacial score (nSPS) is 8.89. The summed E-state index contributed by atoms with van der Waals surface area (Å²) < 4.78 is 0. The fraction of sp³-hybridized carbons (Fsp3) is 0.389. The SMILES string of the molecule is CCCCC#CCCCC#Cc1ccccc1C=O. The number of carbonyl (C=O) groups is 1. The molecule has 0 aliphatic rings. The van der Waals surface area contributed by atoms with Crippen LogP contribution >= 0.6 is 0 Å². The molecule has 98 valence electrons. The summed E-state index contributed by atoms with van der Waals surface area (Å²) in [6.45, 7) is 2.18. The number of aldehydes is 1. The van der Waals surface area contributed by atoms with Gasteiger partial charge in [0.15, 0.2) is 6.29 Å². The van der Waals surface area contributed by atoms with Gasteiger partial charge in [-0.2, -0.15) is 0 Å². The third-order valence-corrected chi connectivity index (χ3v) is 2.69. The summed E-state index contributed by atoms with van der Waals surface area (Å²) in [5.74, 6) is 12.5. The monoisotopic (exact) mass is 252 g/mol. The minimum atomic E-state index is 0.661. The van der Waals surface area contributed by atoms with Crippen molar-refractivity contribution in [2.75, 3.05) is 0 Å². The Morgan fingerprint density at radius 2 is 1.68 bits per heavy atom. The van der Waals surface area contributed by atoms with E-state index in [-0.39, 0.29) is 0 Å². The Labute approximate surface area is 116 Å². The van der Waals surface area contributed by atoms with Crippen LogP contribution < -0.4 is 0 Å². The highest BCUT2D eigenvalue weighted by Gasteiger charge is 1.94. The molecule has 0 aliphatic carbocycles. The second-order valence-electron chi connectivity index (χ2n) is 4.32. The highest BCUT2D eigenvalue weighted by atomic mass is 16.1. The molecule has 0 heterocycles. The molecule has 1 aromatic rings. The second kappa shape index (κ2) is 9.98. The number of hydrogen-bond donors (Lipinski definition) is 0. The number of unbranched alkanes of at least 4 members (excludes halogenated alkanes) is 4. The Bertz CT molecular complexity index is 506. The Hall–Kier alpha value is -1.99. The summed E-state index contributed by atoms with van der Waals surface area (Å²) in [6.07, 6.45) is 6.99. The molecule has 0 saturated carbocycles. The summed E-state index contributed by atoms with van der Waals surface area (Å²) in [7, 11) is 0. The van der Waals surface area contributed by atoms with Gasteiger partial charge in [-0.1, -0.05) is 43.4 Å². The number of hydrogen-bond acceptors (Lipinski definition) is 1. The van der Waals surface area contributed by atoms with Crippen molar-refractivity contribution in [3.05, 3.63) is 35.4 Å². The number of rotatable bonds is 5. The lowest BCUT2D eigenvalue weighted by Gasteiger charge is -1.93. The molecular formula is C18H20O. The van der Waals surface area contributed by atoms with Crippen LogP contribution in [0.2, 0.25) is 0 Å². The van der Waals surface area contributed by atoms with Gasteiger partial charge in [-0.25, -0.2) is 0 Å². The first-order valence-electron chi connectivity index (χ1n) is 6.87. The molecule has 1 nitrogen and oxygen atoms in total. The summed E-state index contributed by atoms with van der Waals surface area (Å²) in [4.78, 5) is 10.8. The maximum atomic E-state index is 10.8. The van der Waals surface area contributed by atoms with E-state index in [2.05, 4.69) is 30.6 Å². The van der Waals surface area contributed by atoms with Crippen LogP contribution in [0.1, 0.15) is 61.4 Å². The maximum absolute atomic E-state index is 10.8. The first kappa shape index (κ1) is 15.1. The number of benzene rings is 1. The highest BCUT2D eigenvalue weighted by molar-refractivity contribution is 5.79. The zero-order valence-corrected chi connectivity index (χ0v) is 11.5. The van der Waals surface area contributed by atoms with Gasteiger partial charge in [0.1, 0.15) is 0 Å². The lowest BCUT2D eigenvalue weighted by molar-refractivity contribution is 0.112. The van der Waals surface area contributed by atoms with Crippen molar-refractivity contribution in [1.29, 1.82) is 0 Å². The van der Waals surface area contributed by atoms with Crippen molar-refractivity contribution in [3.63, 3.8) is 0 Å². The van der Waals surface area contributed by atoms with Crippen molar-refractivity contribution in [2.45, 2.75) is 45.4 Å². The third kappa shape index (κ3) is 6.49. The average Bonchev–Trinajstić information content (AvgIpc) is 2.46. The van der Waals surface area contributed by atoms with Gasteiger partial charge in [-0.3, -0.25) is 4.79 Å². The van der Waals surface area contributed by atoms with Crippen LogP contribution in [0.3, 0.4) is 0 Å². The Balaban J connectivity index is 2.31. The van der Waals surface area contributed by atoms with E-state index >= 15 is 0 Å². The highest BCUT2D eigenvalue weighted by Crippen LogP contribution is 2.04. The molecule has 1 rings (SSSR count). The third-order valence-electron chi connectivity index (χ3n) is 2.69. The molecule has 1 aromatic carbocycles. The largest absolute Gasteiger partial charge is 0.298 e. The van der Waals surface area contributed by atoms with Crippen molar-refractivity contribution >= 4 is 6.29 Å². The van der Waals surface area contributed by atoms with Crippen LogP contribution in [0.15, 0.2) is 24.3 Å². The van der Waals surface area contributed by atoms with Gasteiger partial charge >= 0.3 is 0 Å². The predicted octanol–water partition coefficient (Wildman–Crippen LogP) is 4.21. The van der Waals surface area contributed by atoms with Gasteiger partial charge in [0.2, 0.25) is 0 Å². The fourth-order valence-electron chi connectivity index (χ4n) is 1.58. The van der Waals surface area contributed by atoms with Gasteiger partial charge < -0.3 is 0 Å². The smallest absolute Gasteiger partial charge is 0.151 e. The van der Waals surface area contributed by atoms with Crippen LogP contribution in [-0.2, 0) is 0 Å². The first-order valence-corrected chi connectivity index (χ1v) is 6.87. The van der Waals surface area contributed by atoms with E-state index in [4.69, 9.17) is 0 Å². The van der Waals surface area contributed by atoms with Crippen molar-refractivity contribution in [3.8, 4) is 23.7 Å². The second-order valence-corrected chi connectivity index (χ2v) is 4.32. The molecule has 19 heavy (non-hydrogen) atoms. The topological polar surface area (TPSA) is 17.1 Å². The standard InChI is InChI=1S/C18H20O/c1-2-3-4-5-6-7-8-9-10-13-17-14-11-12-15-18(17)16-19/h11-12,14-16H,2-4,7-9H2,1H3. The first-order chi connectivity index (χ1) is 9.38. The molecule has 0 bridgehead atoms. The van der Waals surface area contributed by atoms with Crippen LogP contribution in [-0.4, -0.2) is 6.29 Å². The molecule has 1 heteroatoms. The Morgan fingerprint density at radius 3 is 2.42 bits per heavy atom. The summed E-state index contributed by atoms with van der Waals surface area (Å²) >= 11 is 0. The Kier molecular flexibility index (Phi) is 7.92. The molecular weight excluding hydrogens is 232 g/mol. The van der Waals surface area contributed by atoms with Gasteiger partial charge in [-0.15, -0.1) is 11.8 Å². The van der Waals surface area contributed by atoms with Gasteiger partial charge in [0.25, 0.3) is 0 Å². The molecule has 0 N–H and O–H groups in total. The van der Waals surface area contributed by atoms with Crippen LogP contribution in [0.5, 0.6) is 0 Å². The van der Waals surface area contributed by atoms with Gasteiger partial charge in [-0.05, 0) is 18.9 Å². The van der Waals surface area contributed by atoms with Crippen molar-refractivity contribution in [1.82, 2.24) is 0 Å². The quantitative estimate of drug-likeness (QED) is 0.436. The lowest BCUT2D eigenvalue weighted by atomic mass is 10.1. The summed E-state index contributed by atoms with van der Waals surface area (Å²) in [5, 5.41) is 0. The van der Waals surface area contributed by atoms with Gasteiger partial charge in [0, 0.05) is 30.4 Å². The molecule has 0 fully saturated rings. The minimum absolute atomic E-state index is 0.661. The zero-order valence-electron chi connectivity index (χ0n) is 11.5. The van der Waals surface area contributed by atoms with Crippen LogP contribution in [0, 0.1) is 23.7 Å². The molecule has 0 aliphatic heterocycles. The molecule has 0 spiro atoms. The number of carbonyl (C=O) groups excluding carboxylic acids is 1. The molecule has 0 atom stereocenters. The maximum Gasteiger partial charge on any atom is 0.151 e. The lowest BCUT2D eigenvalue weighted by Crippen LogP contribution is -1.85. The van der Waals surface area contributed by atoms with E-state index in [0.717, 1.165) is 37.5 Å². The molecule has 0 saturated heterocycles. The van der Waals surface area contributed by atoms with E-state index in [1.54, 1.807) is 6.07 Å². The van der Waals surface area contributed by atoms with Crippen LogP contribution in [0.4, 0.5) is 0 Å². The van der Waals surface area contributed by atoms with Crippen molar-refractivity contribution < 1.29 is 4.79 Å². The zero-order chi connectivity index (χ0) is 13.8. The molecule has 0 radical (unpaired) electrons. The fourth-order valence-corrected chi connectivity index (χ4v) is 1.58. The predicted molar refractivity (Wildman–Crippen MR) is 79.9 cm³/mol. The van der Waals surface area contributed by atoms with Gasteiger partial charge in [0.05, 0.1) is 0 Å². The summed E-state index contributed by atoms with van der Waals surface area (Å²) in [5.41, 5.74) is 1.47. The van der Waals surface area contributed by atoms with Crippen LogP contribution in [0.25, 0.3) is 0 Å². The molecule has 0 aromatic heterocycles. The molecule has 0 amide bonds. The van der Waals surface area contributed by atoms with E-state index in [9.17, 15) is 4.79 Å². The minimum Gasteiger partial charge on any atom is -0.298 e.